The molecule has 0 aliphatic rings. The van der Waals surface area contributed by atoms with Gasteiger partial charge in [-0.3, -0.25) is 9.59 Å². The number of hydrogen-bond donors (Lipinski definition) is 1. The predicted molar refractivity (Wildman–Crippen MR) is 99.4 cm³/mol. The molecule has 2 aromatic rings. The molecule has 0 bridgehead atoms. The van der Waals surface area contributed by atoms with Crippen LogP contribution in [0.2, 0.25) is 0 Å². The van der Waals surface area contributed by atoms with E-state index in [9.17, 15) is 9.59 Å². The first-order chi connectivity index (χ1) is 11.8. The smallest absolute Gasteiger partial charge is 0.254 e. The second-order valence-corrected chi connectivity index (χ2v) is 7.17. The molecule has 1 heterocycles. The quantitative estimate of drug-likeness (QED) is 0.857. The molecule has 0 spiro atoms. The van der Waals surface area contributed by atoms with Crippen molar-refractivity contribution in [2.24, 2.45) is 0 Å². The van der Waals surface area contributed by atoms with Crippen molar-refractivity contribution in [1.29, 1.82) is 0 Å². The molecule has 1 aromatic carbocycles. The number of thiazole rings is 1. The third-order valence-electron chi connectivity index (χ3n) is 3.81. The second kappa shape index (κ2) is 8.11. The molecule has 0 saturated heterocycles. The normalized spacial score (nSPS) is 10.6. The Morgan fingerprint density at radius 3 is 2.36 bits per heavy atom. The van der Waals surface area contributed by atoms with Gasteiger partial charge in [0.2, 0.25) is 5.91 Å². The fourth-order valence-electron chi connectivity index (χ4n) is 2.23. The molecule has 0 saturated carbocycles. The van der Waals surface area contributed by atoms with Gasteiger partial charge in [-0.05, 0) is 52.0 Å². The molecule has 25 heavy (non-hydrogen) atoms. The molecule has 7 heteroatoms. The minimum atomic E-state index is -0.260. The zero-order valence-corrected chi connectivity index (χ0v) is 15.9. The van der Waals surface area contributed by atoms with Gasteiger partial charge in [0.25, 0.3) is 5.91 Å². The molecule has 0 fully saturated rings. The van der Waals surface area contributed by atoms with Crippen LogP contribution in [0.3, 0.4) is 0 Å². The molecule has 6 nitrogen and oxygen atoms in total. The van der Waals surface area contributed by atoms with Gasteiger partial charge in [0.1, 0.15) is 12.3 Å². The van der Waals surface area contributed by atoms with E-state index in [1.165, 1.54) is 16.2 Å². The van der Waals surface area contributed by atoms with Crippen molar-refractivity contribution in [2.75, 3.05) is 19.0 Å². The number of ether oxygens (including phenoxy) is 1. The highest BCUT2D eigenvalue weighted by Crippen LogP contribution is 2.21. The lowest BCUT2D eigenvalue weighted by atomic mass is 10.1. The van der Waals surface area contributed by atoms with E-state index in [-0.39, 0.29) is 24.4 Å². The molecule has 2 amide bonds. The number of nitrogens with zero attached hydrogens (tertiary/aromatic N) is 2. The van der Waals surface area contributed by atoms with E-state index in [1.54, 1.807) is 31.4 Å². The number of hydrogen-bond acceptors (Lipinski definition) is 5. The lowest BCUT2D eigenvalue weighted by Crippen LogP contribution is -2.42. The minimum Gasteiger partial charge on any atom is -0.497 e. The maximum atomic E-state index is 12.7. The van der Waals surface area contributed by atoms with Crippen molar-refractivity contribution < 1.29 is 14.3 Å². The van der Waals surface area contributed by atoms with Gasteiger partial charge in [0, 0.05) is 16.5 Å². The lowest BCUT2D eigenvalue weighted by Gasteiger charge is -2.26. The van der Waals surface area contributed by atoms with Crippen molar-refractivity contribution >= 4 is 28.3 Å². The molecule has 1 N–H and O–H groups in total. The third kappa shape index (κ3) is 4.79. The molecular formula is C18H23N3O3S. The van der Waals surface area contributed by atoms with Gasteiger partial charge in [0.05, 0.1) is 12.8 Å². The van der Waals surface area contributed by atoms with Gasteiger partial charge in [-0.2, -0.15) is 0 Å². The predicted octanol–water partition coefficient (Wildman–Crippen LogP) is 3.26. The molecule has 2 rings (SSSR count). The van der Waals surface area contributed by atoms with Gasteiger partial charge < -0.3 is 15.0 Å². The summed E-state index contributed by atoms with van der Waals surface area (Å²) in [7, 11) is 1.57. The van der Waals surface area contributed by atoms with E-state index < -0.39 is 0 Å². The summed E-state index contributed by atoms with van der Waals surface area (Å²) in [5, 5.41) is 3.32. The van der Waals surface area contributed by atoms with Crippen molar-refractivity contribution in [3.8, 4) is 5.75 Å². The molecule has 134 valence electrons. The first kappa shape index (κ1) is 18.9. The van der Waals surface area contributed by atoms with E-state index in [4.69, 9.17) is 4.74 Å². The summed E-state index contributed by atoms with van der Waals surface area (Å²) in [6.45, 7) is 7.59. The summed E-state index contributed by atoms with van der Waals surface area (Å²) in [6, 6.07) is 6.74. The van der Waals surface area contributed by atoms with Crippen molar-refractivity contribution in [1.82, 2.24) is 9.88 Å². The van der Waals surface area contributed by atoms with Crippen LogP contribution in [-0.4, -0.2) is 41.4 Å². The highest BCUT2D eigenvalue weighted by molar-refractivity contribution is 7.15. The highest BCUT2D eigenvalue weighted by atomic mass is 32.1. The summed E-state index contributed by atoms with van der Waals surface area (Å²) in [6.07, 6.45) is 0. The third-order valence-corrected chi connectivity index (χ3v) is 4.80. The Morgan fingerprint density at radius 2 is 1.88 bits per heavy atom. The highest BCUT2D eigenvalue weighted by Gasteiger charge is 2.22. The van der Waals surface area contributed by atoms with Crippen LogP contribution < -0.4 is 10.1 Å². The van der Waals surface area contributed by atoms with Crippen molar-refractivity contribution in [2.45, 2.75) is 33.7 Å². The van der Waals surface area contributed by atoms with Gasteiger partial charge in [-0.25, -0.2) is 4.98 Å². The number of rotatable bonds is 6. The van der Waals surface area contributed by atoms with Gasteiger partial charge >= 0.3 is 0 Å². The second-order valence-electron chi connectivity index (χ2n) is 5.96. The number of carbonyl (C=O) groups excluding carboxylic acids is 2. The number of carbonyl (C=O) groups is 2. The minimum absolute atomic E-state index is 0.0276. The summed E-state index contributed by atoms with van der Waals surface area (Å²) in [4.78, 5) is 31.9. The maximum absolute atomic E-state index is 12.7. The van der Waals surface area contributed by atoms with Crippen molar-refractivity contribution in [3.05, 3.63) is 40.4 Å². The number of amides is 2. The van der Waals surface area contributed by atoms with Crippen LogP contribution in [0, 0.1) is 13.8 Å². The van der Waals surface area contributed by atoms with E-state index in [0.717, 1.165) is 10.6 Å². The number of aromatic nitrogens is 1. The Hall–Kier alpha value is -2.41. The zero-order valence-electron chi connectivity index (χ0n) is 15.1. The topological polar surface area (TPSA) is 71.5 Å². The number of benzene rings is 1. The first-order valence-corrected chi connectivity index (χ1v) is 8.82. The van der Waals surface area contributed by atoms with Gasteiger partial charge in [-0.1, -0.05) is 0 Å². The van der Waals surface area contributed by atoms with Gasteiger partial charge in [0.15, 0.2) is 5.13 Å². The summed E-state index contributed by atoms with van der Waals surface area (Å²) in [5.41, 5.74) is 1.42. The van der Waals surface area contributed by atoms with E-state index in [2.05, 4.69) is 10.3 Å². The molecule has 0 aliphatic carbocycles. The SMILES string of the molecule is COc1ccc(C(=O)N(CC(=O)Nc2nc(C)c(C)s2)C(C)C)cc1. The number of methoxy groups -OCH3 is 1. The number of aryl methyl sites for hydroxylation is 2. The van der Waals surface area contributed by atoms with Crippen LogP contribution in [0.5, 0.6) is 5.75 Å². The molecule has 1 aromatic heterocycles. The van der Waals surface area contributed by atoms with Crippen LogP contribution in [0.4, 0.5) is 5.13 Å². The molecule has 0 unspecified atom stereocenters. The summed E-state index contributed by atoms with van der Waals surface area (Å²) >= 11 is 1.43. The Morgan fingerprint density at radius 1 is 1.24 bits per heavy atom. The van der Waals surface area contributed by atoms with Gasteiger partial charge in [-0.15, -0.1) is 11.3 Å². The Kier molecular flexibility index (Phi) is 6.14. The number of anilines is 1. The van der Waals surface area contributed by atoms with E-state index >= 15 is 0 Å². The Bertz CT molecular complexity index is 734. The van der Waals surface area contributed by atoms with Crippen LogP contribution in [0.1, 0.15) is 34.8 Å². The van der Waals surface area contributed by atoms with Crippen LogP contribution in [0.25, 0.3) is 0 Å². The molecule has 0 aliphatic heterocycles. The average Bonchev–Trinajstić information content (AvgIpc) is 2.89. The summed E-state index contributed by atoms with van der Waals surface area (Å²) in [5.74, 6) is 0.225. The van der Waals surface area contributed by atoms with Crippen LogP contribution in [0.15, 0.2) is 24.3 Å². The zero-order chi connectivity index (χ0) is 18.6. The molecule has 0 atom stereocenters. The van der Waals surface area contributed by atoms with Crippen LogP contribution in [-0.2, 0) is 4.79 Å². The summed E-state index contributed by atoms with van der Waals surface area (Å²) < 4.78 is 5.10. The Labute approximate surface area is 151 Å². The lowest BCUT2D eigenvalue weighted by molar-refractivity contribution is -0.117. The maximum Gasteiger partial charge on any atom is 0.254 e. The van der Waals surface area contributed by atoms with Crippen LogP contribution >= 0.6 is 11.3 Å². The standard InChI is InChI=1S/C18H23N3O3S/c1-11(2)21(17(23)14-6-8-15(24-5)9-7-14)10-16(22)20-18-19-12(3)13(4)25-18/h6-9,11H,10H2,1-5H3,(H,19,20,22). The fraction of sp³-hybridized carbons (Fsp3) is 0.389. The largest absolute Gasteiger partial charge is 0.497 e. The fourth-order valence-corrected chi connectivity index (χ4v) is 3.06. The van der Waals surface area contributed by atoms with E-state index in [1.807, 2.05) is 27.7 Å². The number of nitrogens with one attached hydrogen (secondary N) is 1. The average molecular weight is 361 g/mol. The van der Waals surface area contributed by atoms with E-state index in [0.29, 0.717) is 16.4 Å². The molecular weight excluding hydrogens is 338 g/mol. The van der Waals surface area contributed by atoms with Crippen molar-refractivity contribution in [3.63, 3.8) is 0 Å². The first-order valence-electron chi connectivity index (χ1n) is 8.00. The Balaban J connectivity index is 2.08. The molecule has 0 radical (unpaired) electrons. The monoisotopic (exact) mass is 361 g/mol.